The number of nitrogens with one attached hydrogen (secondary N) is 1. The van der Waals surface area contributed by atoms with Crippen molar-refractivity contribution in [2.24, 2.45) is 11.8 Å². The topological polar surface area (TPSA) is 76.5 Å². The number of halogens is 2. The van der Waals surface area contributed by atoms with Gasteiger partial charge in [-0.15, -0.1) is 0 Å². The molecule has 0 spiro atoms. The van der Waals surface area contributed by atoms with Gasteiger partial charge in [-0.2, -0.15) is 5.10 Å². The number of likely N-dealkylation sites (tertiary alicyclic amines) is 1. The maximum absolute atomic E-state index is 13.7. The Morgan fingerprint density at radius 1 is 1.41 bits per heavy atom. The van der Waals surface area contributed by atoms with Crippen LogP contribution in [0.3, 0.4) is 0 Å². The number of rotatable bonds is 3. The number of anilines is 1. The zero-order chi connectivity index (χ0) is 20.9. The number of nitrogens with zero attached hydrogens (tertiary/aromatic N) is 3. The van der Waals surface area contributed by atoms with Crippen LogP contribution in [0.5, 0.6) is 0 Å². The fourth-order valence-corrected chi connectivity index (χ4v) is 4.97. The van der Waals surface area contributed by atoms with Crippen LogP contribution in [-0.2, 0) is 14.3 Å². The van der Waals surface area contributed by atoms with Crippen LogP contribution in [0.2, 0.25) is 0 Å². The van der Waals surface area contributed by atoms with Crippen LogP contribution >= 0.6 is 0 Å². The number of amides is 1. The van der Waals surface area contributed by atoms with E-state index in [0.717, 1.165) is 12.8 Å². The van der Waals surface area contributed by atoms with E-state index in [-0.39, 0.29) is 36.7 Å². The van der Waals surface area contributed by atoms with E-state index >= 15 is 0 Å². The normalized spacial score (nSPS) is 31.4. The van der Waals surface area contributed by atoms with Crippen LogP contribution in [0.4, 0.5) is 14.6 Å². The van der Waals surface area contributed by atoms with Gasteiger partial charge in [-0.3, -0.25) is 9.59 Å². The van der Waals surface area contributed by atoms with E-state index in [0.29, 0.717) is 24.6 Å². The Bertz CT molecular complexity index is 810. The van der Waals surface area contributed by atoms with Crippen LogP contribution < -0.4 is 5.32 Å². The van der Waals surface area contributed by atoms with Crippen molar-refractivity contribution >= 4 is 17.7 Å². The van der Waals surface area contributed by atoms with Crippen LogP contribution in [-0.4, -0.2) is 57.7 Å². The monoisotopic (exact) mass is 410 g/mol. The number of esters is 1. The molecule has 3 aliphatic rings. The summed E-state index contributed by atoms with van der Waals surface area (Å²) >= 11 is 0. The average Bonchev–Trinajstić information content (AvgIpc) is 3.16. The van der Waals surface area contributed by atoms with Crippen LogP contribution in [0.15, 0.2) is 6.07 Å². The van der Waals surface area contributed by atoms with Crippen LogP contribution in [0.1, 0.15) is 51.3 Å². The minimum absolute atomic E-state index is 0.0686. The molecule has 0 radical (unpaired) electrons. The lowest BCUT2D eigenvalue weighted by molar-refractivity contribution is -0.149. The summed E-state index contributed by atoms with van der Waals surface area (Å²) in [5.74, 6) is -0.236. The number of piperidine rings is 1. The molecule has 1 amide bonds. The highest BCUT2D eigenvalue weighted by Gasteiger charge is 2.48. The lowest BCUT2D eigenvalue weighted by Crippen LogP contribution is -2.51. The Morgan fingerprint density at radius 3 is 2.83 bits per heavy atom. The molecule has 0 unspecified atom stereocenters. The Hall–Kier alpha value is -2.19. The molecule has 4 heterocycles. The maximum Gasteiger partial charge on any atom is 0.307 e. The van der Waals surface area contributed by atoms with Crippen molar-refractivity contribution in [3.05, 3.63) is 11.8 Å². The van der Waals surface area contributed by atoms with Gasteiger partial charge in [0.2, 0.25) is 5.91 Å². The first-order valence-corrected chi connectivity index (χ1v) is 10.3. The zero-order valence-corrected chi connectivity index (χ0v) is 17.0. The summed E-state index contributed by atoms with van der Waals surface area (Å²) in [6, 6.07) is 0.676. The second-order valence-corrected chi connectivity index (χ2v) is 9.02. The largest absolute Gasteiger partial charge is 0.459 e. The average molecular weight is 410 g/mol. The van der Waals surface area contributed by atoms with Gasteiger partial charge in [0.05, 0.1) is 18.0 Å². The predicted molar refractivity (Wildman–Crippen MR) is 102 cm³/mol. The number of carbonyl (C=O) groups is 2. The Labute approximate surface area is 168 Å². The molecular weight excluding hydrogens is 382 g/mol. The third-order valence-electron chi connectivity index (χ3n) is 6.52. The Kier molecular flexibility index (Phi) is 5.02. The van der Waals surface area contributed by atoms with Crippen LogP contribution in [0.25, 0.3) is 0 Å². The third-order valence-corrected chi connectivity index (χ3v) is 6.52. The number of aromatic nitrogens is 2. The number of hydrogen-bond donors (Lipinski definition) is 1. The van der Waals surface area contributed by atoms with Gasteiger partial charge in [-0.25, -0.2) is 13.5 Å². The fourth-order valence-electron chi connectivity index (χ4n) is 4.97. The van der Waals surface area contributed by atoms with E-state index in [4.69, 9.17) is 4.74 Å². The molecule has 29 heavy (non-hydrogen) atoms. The molecule has 2 saturated heterocycles. The summed E-state index contributed by atoms with van der Waals surface area (Å²) in [6.07, 6.45) is -0.445. The number of cyclic esters (lactones) is 1. The van der Waals surface area contributed by atoms with Gasteiger partial charge in [-0.05, 0) is 46.0 Å². The highest BCUT2D eigenvalue weighted by Crippen LogP contribution is 2.38. The second kappa shape index (κ2) is 7.25. The molecule has 3 aliphatic heterocycles. The molecule has 0 aromatic carbocycles. The van der Waals surface area contributed by atoms with Gasteiger partial charge >= 0.3 is 5.97 Å². The van der Waals surface area contributed by atoms with E-state index < -0.39 is 24.0 Å². The summed E-state index contributed by atoms with van der Waals surface area (Å²) in [4.78, 5) is 26.6. The van der Waals surface area contributed by atoms with Gasteiger partial charge in [0.1, 0.15) is 17.5 Å². The molecule has 0 saturated carbocycles. The molecule has 4 rings (SSSR count). The molecule has 160 valence electrons. The number of hydrogen-bond acceptors (Lipinski definition) is 5. The van der Waals surface area contributed by atoms with Gasteiger partial charge in [0.15, 0.2) is 0 Å². The summed E-state index contributed by atoms with van der Waals surface area (Å²) in [5, 5.41) is 7.59. The van der Waals surface area contributed by atoms with E-state index in [1.54, 1.807) is 31.7 Å². The van der Waals surface area contributed by atoms with E-state index in [2.05, 4.69) is 10.4 Å². The third kappa shape index (κ3) is 3.71. The smallest absolute Gasteiger partial charge is 0.307 e. The summed E-state index contributed by atoms with van der Waals surface area (Å²) < 4.78 is 34.1. The predicted octanol–water partition coefficient (Wildman–Crippen LogP) is 2.76. The molecule has 0 aliphatic carbocycles. The number of carbonyl (C=O) groups excluding carboxylic acids is 2. The maximum atomic E-state index is 13.7. The summed E-state index contributed by atoms with van der Waals surface area (Å²) in [7, 11) is 0. The minimum atomic E-state index is -2.50. The highest BCUT2D eigenvalue weighted by molar-refractivity contribution is 5.87. The fraction of sp³-hybridized carbons (Fsp3) is 0.750. The van der Waals surface area contributed by atoms with Crippen LogP contribution in [0, 0.1) is 18.8 Å². The molecule has 9 heteroatoms. The number of aryl methyl sites for hydroxylation is 1. The van der Waals surface area contributed by atoms with Gasteiger partial charge in [-0.1, -0.05) is 0 Å². The SMILES string of the molecule is Cc1cc2n(n1)[C@@H](C(F)F)C[C@@H]([C@H]1CCCN(C(=O)[C@@H]3CC(=O)OC3(C)C)C1)N2. The van der Waals surface area contributed by atoms with Crippen molar-refractivity contribution in [2.75, 3.05) is 18.4 Å². The van der Waals surface area contributed by atoms with E-state index in [1.807, 2.05) is 0 Å². The Morgan fingerprint density at radius 2 is 2.17 bits per heavy atom. The molecule has 1 aromatic rings. The molecule has 0 bridgehead atoms. The first kappa shape index (κ1) is 20.1. The first-order chi connectivity index (χ1) is 13.7. The Balaban J connectivity index is 1.49. The second-order valence-electron chi connectivity index (χ2n) is 9.02. The van der Waals surface area contributed by atoms with Gasteiger partial charge in [0, 0.05) is 25.2 Å². The van der Waals surface area contributed by atoms with Gasteiger partial charge < -0.3 is 15.0 Å². The number of fused-ring (bicyclic) bond motifs is 1. The molecule has 1 N–H and O–H groups in total. The van der Waals surface area contributed by atoms with Crippen molar-refractivity contribution in [1.82, 2.24) is 14.7 Å². The molecular formula is C20H28F2N4O3. The summed E-state index contributed by atoms with van der Waals surface area (Å²) in [5.41, 5.74) is -0.109. The van der Waals surface area contributed by atoms with Crippen molar-refractivity contribution in [3.63, 3.8) is 0 Å². The minimum Gasteiger partial charge on any atom is -0.459 e. The first-order valence-electron chi connectivity index (χ1n) is 10.3. The number of alkyl halides is 2. The van der Waals surface area contributed by atoms with Crippen molar-refractivity contribution in [2.45, 2.75) is 70.6 Å². The molecule has 4 atom stereocenters. The standard InChI is InChI=1S/C20H28F2N4O3/c1-11-7-16-23-14(9-15(18(21)22)26(16)24-11)12-5-4-6-25(10-12)19(28)13-8-17(27)29-20(13,2)3/h7,12-15,18,23H,4-6,8-10H2,1-3H3/t12-,13-,14-,15+/m0/s1. The van der Waals surface area contributed by atoms with Crippen molar-refractivity contribution in [3.8, 4) is 0 Å². The number of ether oxygens (including phenoxy) is 1. The molecule has 7 nitrogen and oxygen atoms in total. The van der Waals surface area contributed by atoms with E-state index in [9.17, 15) is 18.4 Å². The van der Waals surface area contributed by atoms with Crippen molar-refractivity contribution in [1.29, 1.82) is 0 Å². The zero-order valence-electron chi connectivity index (χ0n) is 17.0. The lowest BCUT2D eigenvalue weighted by Gasteiger charge is -2.42. The van der Waals surface area contributed by atoms with Gasteiger partial charge in [0.25, 0.3) is 6.43 Å². The highest BCUT2D eigenvalue weighted by atomic mass is 19.3. The van der Waals surface area contributed by atoms with E-state index in [1.165, 1.54) is 4.68 Å². The summed E-state index contributed by atoms with van der Waals surface area (Å²) in [6.45, 7) is 6.44. The molecule has 1 aromatic heterocycles. The molecule has 2 fully saturated rings. The quantitative estimate of drug-likeness (QED) is 0.776. The lowest BCUT2D eigenvalue weighted by atomic mass is 9.84. The van der Waals surface area contributed by atoms with Crippen molar-refractivity contribution < 1.29 is 23.1 Å².